The molecular formula is C15H13Cl2N3O2. The Morgan fingerprint density at radius 3 is 2.64 bits per heavy atom. The molecule has 0 saturated carbocycles. The lowest BCUT2D eigenvalue weighted by Crippen LogP contribution is -2.27. The zero-order chi connectivity index (χ0) is 15.7. The van der Waals surface area contributed by atoms with Gasteiger partial charge >= 0.3 is 0 Å². The first-order chi connectivity index (χ1) is 10.6. The largest absolute Gasteiger partial charge is 0.477 e. The van der Waals surface area contributed by atoms with E-state index in [0.717, 1.165) is 19.4 Å². The topological polar surface area (TPSA) is 59.9 Å². The predicted octanol–water partition coefficient (Wildman–Crippen LogP) is 3.32. The van der Waals surface area contributed by atoms with Crippen LogP contribution in [0.15, 0.2) is 23.0 Å². The number of fused-ring (bicyclic) bond motifs is 1. The second kappa shape index (κ2) is 6.07. The van der Waals surface area contributed by atoms with E-state index in [-0.39, 0.29) is 12.2 Å². The summed E-state index contributed by atoms with van der Waals surface area (Å²) in [6.07, 6.45) is 1.97. The van der Waals surface area contributed by atoms with Gasteiger partial charge in [0.1, 0.15) is 17.0 Å². The van der Waals surface area contributed by atoms with Gasteiger partial charge in [0.25, 0.3) is 5.56 Å². The minimum Gasteiger partial charge on any atom is -0.477 e. The third kappa shape index (κ3) is 2.49. The van der Waals surface area contributed by atoms with Gasteiger partial charge in [0.15, 0.2) is 6.61 Å². The average molecular weight is 338 g/mol. The van der Waals surface area contributed by atoms with Crippen LogP contribution in [-0.4, -0.2) is 16.0 Å². The molecule has 7 heteroatoms. The summed E-state index contributed by atoms with van der Waals surface area (Å²) in [4.78, 5) is 12.6. The van der Waals surface area contributed by atoms with Crippen molar-refractivity contribution in [3.63, 3.8) is 0 Å². The van der Waals surface area contributed by atoms with E-state index in [1.807, 2.05) is 10.8 Å². The summed E-state index contributed by atoms with van der Waals surface area (Å²) in [6.45, 7) is 1.30. The Bertz CT molecular complexity index is 817. The molecule has 2 aromatic rings. The maximum atomic E-state index is 12.6. The van der Waals surface area contributed by atoms with E-state index in [9.17, 15) is 4.79 Å². The molecule has 5 nitrogen and oxygen atoms in total. The monoisotopic (exact) mass is 337 g/mol. The molecule has 0 fully saturated rings. The van der Waals surface area contributed by atoms with E-state index in [1.165, 1.54) is 0 Å². The van der Waals surface area contributed by atoms with Gasteiger partial charge in [-0.15, -0.1) is 0 Å². The molecule has 1 aromatic carbocycles. The molecule has 114 valence electrons. The van der Waals surface area contributed by atoms with Crippen LogP contribution in [0.25, 0.3) is 11.1 Å². The summed E-state index contributed by atoms with van der Waals surface area (Å²) < 4.78 is 8.76. The zero-order valence-corrected chi connectivity index (χ0v) is 13.2. The van der Waals surface area contributed by atoms with Crippen LogP contribution in [0.1, 0.15) is 12.8 Å². The maximum absolute atomic E-state index is 12.6. The van der Waals surface area contributed by atoms with E-state index in [4.69, 9.17) is 33.2 Å². The molecule has 0 unspecified atom stereocenters. The second-order valence-electron chi connectivity index (χ2n) is 5.02. The Balaban J connectivity index is 2.11. The third-order valence-corrected chi connectivity index (χ3v) is 4.37. The van der Waals surface area contributed by atoms with Crippen molar-refractivity contribution in [2.24, 2.45) is 0 Å². The Hall–Kier alpha value is -1.90. The number of benzene rings is 1. The fourth-order valence-corrected chi connectivity index (χ4v) is 3.19. The van der Waals surface area contributed by atoms with Gasteiger partial charge in [-0.1, -0.05) is 29.3 Å². The van der Waals surface area contributed by atoms with Crippen molar-refractivity contribution in [2.45, 2.75) is 25.9 Å². The molecule has 1 aliphatic rings. The molecule has 2 heterocycles. The lowest BCUT2D eigenvalue weighted by molar-refractivity contribution is 0.356. The maximum Gasteiger partial charge on any atom is 0.276 e. The van der Waals surface area contributed by atoms with Crippen LogP contribution < -0.4 is 10.3 Å². The summed E-state index contributed by atoms with van der Waals surface area (Å²) in [6, 6.07) is 6.91. The number of hydrogen-bond acceptors (Lipinski definition) is 3. The summed E-state index contributed by atoms with van der Waals surface area (Å²) in [5, 5.41) is 9.42. The number of halogens is 2. The highest BCUT2D eigenvalue weighted by atomic mass is 35.5. The fraction of sp³-hybridized carbons (Fsp3) is 0.333. The molecule has 0 N–H and O–H groups in total. The lowest BCUT2D eigenvalue weighted by atomic mass is 10.1. The molecule has 1 aromatic heterocycles. The highest BCUT2D eigenvalue weighted by Gasteiger charge is 2.22. The molecule has 0 bridgehead atoms. The highest BCUT2D eigenvalue weighted by Crippen LogP contribution is 2.33. The van der Waals surface area contributed by atoms with Gasteiger partial charge in [-0.05, 0) is 30.5 Å². The Kier molecular flexibility index (Phi) is 4.14. The van der Waals surface area contributed by atoms with Crippen molar-refractivity contribution in [1.29, 1.82) is 5.26 Å². The van der Waals surface area contributed by atoms with Gasteiger partial charge in [-0.2, -0.15) is 5.26 Å². The van der Waals surface area contributed by atoms with Crippen LogP contribution in [-0.2, 0) is 13.1 Å². The molecule has 0 saturated heterocycles. The van der Waals surface area contributed by atoms with Crippen molar-refractivity contribution in [3.8, 4) is 22.9 Å². The van der Waals surface area contributed by atoms with Gasteiger partial charge in [0, 0.05) is 13.1 Å². The quantitative estimate of drug-likeness (QED) is 0.863. The second-order valence-corrected chi connectivity index (χ2v) is 5.78. The van der Waals surface area contributed by atoms with Crippen molar-refractivity contribution >= 4 is 23.2 Å². The average Bonchev–Trinajstić information content (AvgIpc) is 2.79. The van der Waals surface area contributed by atoms with Crippen molar-refractivity contribution in [3.05, 3.63) is 38.7 Å². The van der Waals surface area contributed by atoms with Crippen molar-refractivity contribution in [1.82, 2.24) is 9.36 Å². The minimum atomic E-state index is -0.113. The standard InChI is InChI=1S/C15H13Cl2N3O2/c16-11-4-3-10(9-12(11)22-8-5-18)13-14(17)19-6-1-2-7-20(19)15(13)21/h3-4,9H,1-2,6-8H2. The smallest absolute Gasteiger partial charge is 0.276 e. The van der Waals surface area contributed by atoms with Crippen LogP contribution in [0.3, 0.4) is 0 Å². The number of ether oxygens (including phenoxy) is 1. The molecule has 0 atom stereocenters. The van der Waals surface area contributed by atoms with Crippen LogP contribution in [0.4, 0.5) is 0 Å². The number of nitrogens with zero attached hydrogens (tertiary/aromatic N) is 3. The molecule has 22 heavy (non-hydrogen) atoms. The molecule has 0 aliphatic carbocycles. The Labute approximate surface area is 137 Å². The summed E-state index contributed by atoms with van der Waals surface area (Å²) >= 11 is 12.4. The zero-order valence-electron chi connectivity index (χ0n) is 11.7. The molecular weight excluding hydrogens is 325 g/mol. The highest BCUT2D eigenvalue weighted by molar-refractivity contribution is 6.33. The van der Waals surface area contributed by atoms with Crippen molar-refractivity contribution in [2.75, 3.05) is 6.61 Å². The number of rotatable bonds is 3. The molecule has 0 radical (unpaired) electrons. The summed E-state index contributed by atoms with van der Waals surface area (Å²) in [5.41, 5.74) is 0.974. The third-order valence-electron chi connectivity index (χ3n) is 3.67. The van der Waals surface area contributed by atoms with E-state index < -0.39 is 0 Å². The van der Waals surface area contributed by atoms with E-state index in [0.29, 0.717) is 33.6 Å². The Morgan fingerprint density at radius 2 is 1.95 bits per heavy atom. The molecule has 0 amide bonds. The number of aromatic nitrogens is 2. The fourth-order valence-electron chi connectivity index (χ4n) is 2.65. The predicted molar refractivity (Wildman–Crippen MR) is 84.5 cm³/mol. The minimum absolute atomic E-state index is 0.109. The Morgan fingerprint density at radius 1 is 1.23 bits per heavy atom. The molecule has 3 rings (SSSR count). The van der Waals surface area contributed by atoms with Gasteiger partial charge in [-0.3, -0.25) is 9.48 Å². The van der Waals surface area contributed by atoms with Crippen LogP contribution in [0.5, 0.6) is 5.75 Å². The molecule has 0 spiro atoms. The molecule has 1 aliphatic heterocycles. The number of hydrogen-bond donors (Lipinski definition) is 0. The summed E-state index contributed by atoms with van der Waals surface area (Å²) in [7, 11) is 0. The van der Waals surface area contributed by atoms with Gasteiger partial charge in [0.05, 0.1) is 10.6 Å². The van der Waals surface area contributed by atoms with Crippen molar-refractivity contribution < 1.29 is 4.74 Å². The van der Waals surface area contributed by atoms with E-state index >= 15 is 0 Å². The van der Waals surface area contributed by atoms with Gasteiger partial charge in [0.2, 0.25) is 0 Å². The summed E-state index contributed by atoms with van der Waals surface area (Å²) in [5.74, 6) is 0.366. The van der Waals surface area contributed by atoms with E-state index in [1.54, 1.807) is 22.9 Å². The SMILES string of the molecule is N#CCOc1cc(-c2c(Cl)n3n(c2=O)CCCC3)ccc1Cl. The first-order valence-corrected chi connectivity index (χ1v) is 7.68. The van der Waals surface area contributed by atoms with Crippen LogP contribution in [0, 0.1) is 11.3 Å². The normalized spacial score (nSPS) is 13.5. The van der Waals surface area contributed by atoms with Gasteiger partial charge < -0.3 is 4.74 Å². The van der Waals surface area contributed by atoms with Gasteiger partial charge in [-0.25, -0.2) is 4.68 Å². The number of nitriles is 1. The van der Waals surface area contributed by atoms with E-state index in [2.05, 4.69) is 0 Å². The first-order valence-electron chi connectivity index (χ1n) is 6.92. The lowest BCUT2D eigenvalue weighted by Gasteiger charge is -2.17. The first kappa shape index (κ1) is 15.0. The van der Waals surface area contributed by atoms with Crippen LogP contribution in [0.2, 0.25) is 10.2 Å². The van der Waals surface area contributed by atoms with Crippen LogP contribution >= 0.6 is 23.2 Å².